The van der Waals surface area contributed by atoms with Crippen molar-refractivity contribution in [3.63, 3.8) is 0 Å². The van der Waals surface area contributed by atoms with E-state index in [2.05, 4.69) is 24.5 Å². The van der Waals surface area contributed by atoms with Crippen LogP contribution < -0.4 is 10.6 Å². The van der Waals surface area contributed by atoms with Crippen LogP contribution in [0.3, 0.4) is 0 Å². The molecule has 1 aromatic rings. The van der Waals surface area contributed by atoms with E-state index >= 15 is 0 Å². The van der Waals surface area contributed by atoms with Gasteiger partial charge in [-0.3, -0.25) is 4.79 Å². The second-order valence-corrected chi connectivity index (χ2v) is 6.14. The van der Waals surface area contributed by atoms with E-state index in [4.69, 9.17) is 0 Å². The molecule has 1 aromatic carbocycles. The highest BCUT2D eigenvalue weighted by Crippen LogP contribution is 2.14. The Balaban J connectivity index is 2.45. The van der Waals surface area contributed by atoms with Crippen LogP contribution in [0.2, 0.25) is 0 Å². The second-order valence-electron chi connectivity index (χ2n) is 6.14. The SMILES string of the molecule is Cc1ccccc1NC(=O)CC(C)NC(CO)CC(C)C. The van der Waals surface area contributed by atoms with Crippen molar-refractivity contribution in [2.75, 3.05) is 11.9 Å². The third-order valence-electron chi connectivity index (χ3n) is 3.41. The third kappa shape index (κ3) is 6.74. The molecule has 0 aromatic heterocycles. The lowest BCUT2D eigenvalue weighted by molar-refractivity contribution is -0.116. The number of carbonyl (C=O) groups is 1. The normalized spacial score (nSPS) is 14.0. The van der Waals surface area contributed by atoms with Crippen LogP contribution in [0.15, 0.2) is 24.3 Å². The van der Waals surface area contributed by atoms with Gasteiger partial charge in [0.2, 0.25) is 5.91 Å². The molecule has 0 aliphatic carbocycles. The summed E-state index contributed by atoms with van der Waals surface area (Å²) in [6.45, 7) is 8.30. The highest BCUT2D eigenvalue weighted by molar-refractivity contribution is 5.91. The highest BCUT2D eigenvalue weighted by atomic mass is 16.3. The van der Waals surface area contributed by atoms with Crippen molar-refractivity contribution in [1.82, 2.24) is 5.32 Å². The number of nitrogens with one attached hydrogen (secondary N) is 2. The average Bonchev–Trinajstić information content (AvgIpc) is 2.39. The Labute approximate surface area is 128 Å². The lowest BCUT2D eigenvalue weighted by Crippen LogP contribution is -2.41. The first kappa shape index (κ1) is 17.7. The summed E-state index contributed by atoms with van der Waals surface area (Å²) in [4.78, 5) is 12.1. The Morgan fingerprint density at radius 3 is 2.48 bits per heavy atom. The molecular formula is C17H28N2O2. The van der Waals surface area contributed by atoms with Gasteiger partial charge in [0.25, 0.3) is 0 Å². The number of anilines is 1. The van der Waals surface area contributed by atoms with Gasteiger partial charge in [-0.2, -0.15) is 0 Å². The van der Waals surface area contributed by atoms with E-state index in [9.17, 15) is 9.90 Å². The van der Waals surface area contributed by atoms with Gasteiger partial charge >= 0.3 is 0 Å². The summed E-state index contributed by atoms with van der Waals surface area (Å²) in [6.07, 6.45) is 1.29. The number of carbonyl (C=O) groups excluding carboxylic acids is 1. The number of aliphatic hydroxyl groups is 1. The first-order chi connectivity index (χ1) is 9.92. The molecule has 4 nitrogen and oxygen atoms in total. The van der Waals surface area contributed by atoms with Crippen molar-refractivity contribution in [3.05, 3.63) is 29.8 Å². The predicted octanol–water partition coefficient (Wildman–Crippen LogP) is 2.71. The second kappa shape index (κ2) is 8.80. The summed E-state index contributed by atoms with van der Waals surface area (Å²) in [5, 5.41) is 15.6. The topological polar surface area (TPSA) is 61.4 Å². The quantitative estimate of drug-likeness (QED) is 0.690. The fraction of sp³-hybridized carbons (Fsp3) is 0.588. The zero-order valence-electron chi connectivity index (χ0n) is 13.5. The molecule has 0 spiro atoms. The van der Waals surface area contributed by atoms with Crippen LogP contribution >= 0.6 is 0 Å². The van der Waals surface area contributed by atoms with Gasteiger partial charge in [-0.25, -0.2) is 0 Å². The molecule has 4 heteroatoms. The maximum absolute atomic E-state index is 12.1. The number of rotatable bonds is 8. The molecule has 0 aliphatic rings. The zero-order chi connectivity index (χ0) is 15.8. The van der Waals surface area contributed by atoms with E-state index in [1.165, 1.54) is 0 Å². The number of amides is 1. The first-order valence-corrected chi connectivity index (χ1v) is 7.64. The van der Waals surface area contributed by atoms with Crippen molar-refractivity contribution < 1.29 is 9.90 Å². The highest BCUT2D eigenvalue weighted by Gasteiger charge is 2.15. The molecule has 0 saturated carbocycles. The van der Waals surface area contributed by atoms with E-state index < -0.39 is 0 Å². The van der Waals surface area contributed by atoms with Crippen LogP contribution in [0.5, 0.6) is 0 Å². The summed E-state index contributed by atoms with van der Waals surface area (Å²) >= 11 is 0. The predicted molar refractivity (Wildman–Crippen MR) is 87.4 cm³/mol. The molecule has 118 valence electrons. The van der Waals surface area contributed by atoms with Gasteiger partial charge in [0.1, 0.15) is 0 Å². The van der Waals surface area contributed by atoms with Gasteiger partial charge in [0, 0.05) is 24.2 Å². The maximum atomic E-state index is 12.1. The van der Waals surface area contributed by atoms with Crippen molar-refractivity contribution in [2.45, 2.75) is 52.6 Å². The molecule has 1 rings (SSSR count). The van der Waals surface area contributed by atoms with E-state index in [0.717, 1.165) is 17.7 Å². The van der Waals surface area contributed by atoms with E-state index in [0.29, 0.717) is 12.3 Å². The number of para-hydroxylation sites is 1. The Hall–Kier alpha value is -1.39. The van der Waals surface area contributed by atoms with Gasteiger partial charge in [-0.05, 0) is 37.8 Å². The van der Waals surface area contributed by atoms with Crippen LogP contribution in [0, 0.1) is 12.8 Å². The molecule has 1 amide bonds. The van der Waals surface area contributed by atoms with E-state index in [-0.39, 0.29) is 24.6 Å². The van der Waals surface area contributed by atoms with Crippen LogP contribution in [-0.2, 0) is 4.79 Å². The zero-order valence-corrected chi connectivity index (χ0v) is 13.5. The van der Waals surface area contributed by atoms with Crippen molar-refractivity contribution in [1.29, 1.82) is 0 Å². The number of aliphatic hydroxyl groups excluding tert-OH is 1. The Morgan fingerprint density at radius 2 is 1.90 bits per heavy atom. The molecule has 2 atom stereocenters. The maximum Gasteiger partial charge on any atom is 0.225 e. The number of hydrogen-bond donors (Lipinski definition) is 3. The average molecular weight is 292 g/mol. The minimum Gasteiger partial charge on any atom is -0.395 e. The van der Waals surface area contributed by atoms with Gasteiger partial charge < -0.3 is 15.7 Å². The van der Waals surface area contributed by atoms with Gasteiger partial charge in [-0.1, -0.05) is 32.0 Å². The third-order valence-corrected chi connectivity index (χ3v) is 3.41. The summed E-state index contributed by atoms with van der Waals surface area (Å²) < 4.78 is 0. The Kier molecular flexibility index (Phi) is 7.40. The molecule has 2 unspecified atom stereocenters. The molecule has 3 N–H and O–H groups in total. The van der Waals surface area contributed by atoms with Crippen molar-refractivity contribution in [2.24, 2.45) is 5.92 Å². The van der Waals surface area contributed by atoms with Crippen LogP contribution in [0.1, 0.15) is 39.2 Å². The van der Waals surface area contributed by atoms with Crippen LogP contribution in [-0.4, -0.2) is 29.7 Å². The molecule has 0 saturated heterocycles. The summed E-state index contributed by atoms with van der Waals surface area (Å²) in [7, 11) is 0. The lowest BCUT2D eigenvalue weighted by Gasteiger charge is -2.23. The molecule has 21 heavy (non-hydrogen) atoms. The van der Waals surface area contributed by atoms with Crippen molar-refractivity contribution >= 4 is 11.6 Å². The molecule has 0 heterocycles. The van der Waals surface area contributed by atoms with Gasteiger partial charge in [0.05, 0.1) is 6.61 Å². The largest absolute Gasteiger partial charge is 0.395 e. The van der Waals surface area contributed by atoms with Crippen LogP contribution in [0.4, 0.5) is 5.69 Å². The Bertz CT molecular complexity index is 446. The minimum atomic E-state index is -0.00876. The molecular weight excluding hydrogens is 264 g/mol. The smallest absolute Gasteiger partial charge is 0.225 e. The van der Waals surface area contributed by atoms with Gasteiger partial charge in [0.15, 0.2) is 0 Å². The summed E-state index contributed by atoms with van der Waals surface area (Å²) in [5.41, 5.74) is 1.91. The minimum absolute atomic E-state index is 0.00876. The molecule has 0 radical (unpaired) electrons. The monoisotopic (exact) mass is 292 g/mol. The number of aryl methyl sites for hydroxylation is 1. The molecule has 0 bridgehead atoms. The molecule has 0 fully saturated rings. The first-order valence-electron chi connectivity index (χ1n) is 7.64. The molecule has 0 aliphatic heterocycles. The number of hydrogen-bond acceptors (Lipinski definition) is 3. The summed E-state index contributed by atoms with van der Waals surface area (Å²) in [6, 6.07) is 7.82. The van der Waals surface area contributed by atoms with E-state index in [1.807, 2.05) is 38.1 Å². The Morgan fingerprint density at radius 1 is 1.24 bits per heavy atom. The fourth-order valence-corrected chi connectivity index (χ4v) is 2.42. The van der Waals surface area contributed by atoms with Gasteiger partial charge in [-0.15, -0.1) is 0 Å². The fourth-order valence-electron chi connectivity index (χ4n) is 2.42. The van der Waals surface area contributed by atoms with E-state index in [1.54, 1.807) is 0 Å². The summed E-state index contributed by atoms with van der Waals surface area (Å²) in [5.74, 6) is 0.508. The van der Waals surface area contributed by atoms with Crippen LogP contribution in [0.25, 0.3) is 0 Å². The van der Waals surface area contributed by atoms with Crippen molar-refractivity contribution in [3.8, 4) is 0 Å². The standard InChI is InChI=1S/C17H28N2O2/c1-12(2)9-15(11-20)18-14(4)10-17(21)19-16-8-6-5-7-13(16)3/h5-8,12,14-15,18,20H,9-11H2,1-4H3,(H,19,21). The lowest BCUT2D eigenvalue weighted by atomic mass is 10.0. The number of benzene rings is 1.